The summed E-state index contributed by atoms with van der Waals surface area (Å²) in [5.41, 5.74) is -0.555. The summed E-state index contributed by atoms with van der Waals surface area (Å²) >= 11 is 0. The predicted molar refractivity (Wildman–Crippen MR) is 80.6 cm³/mol. The normalized spacial score (nSPS) is 24.6. The molecule has 1 aliphatic carbocycles. The monoisotopic (exact) mass is 282 g/mol. The third-order valence-corrected chi connectivity index (χ3v) is 4.85. The largest absolute Gasteiger partial charge is 0.468 e. The van der Waals surface area contributed by atoms with E-state index >= 15 is 0 Å². The number of piperidine rings is 1. The van der Waals surface area contributed by atoms with Crippen LogP contribution in [0.3, 0.4) is 0 Å². The highest BCUT2D eigenvalue weighted by Crippen LogP contribution is 2.27. The topological polar surface area (TPSA) is 41.6 Å². The third-order valence-electron chi connectivity index (χ3n) is 4.85. The lowest BCUT2D eigenvalue weighted by molar-refractivity contribution is -0.149. The van der Waals surface area contributed by atoms with Crippen LogP contribution in [0.5, 0.6) is 0 Å². The first kappa shape index (κ1) is 15.8. The molecule has 1 aliphatic heterocycles. The van der Waals surface area contributed by atoms with Crippen molar-refractivity contribution in [3.63, 3.8) is 0 Å². The minimum Gasteiger partial charge on any atom is -0.468 e. The van der Waals surface area contributed by atoms with Crippen LogP contribution >= 0.6 is 0 Å². The van der Waals surface area contributed by atoms with Gasteiger partial charge in [-0.15, -0.1) is 0 Å². The fraction of sp³-hybridized carbons (Fsp3) is 0.938. The highest BCUT2D eigenvalue weighted by atomic mass is 16.5. The number of carbonyl (C=O) groups is 1. The van der Waals surface area contributed by atoms with Crippen LogP contribution < -0.4 is 5.32 Å². The van der Waals surface area contributed by atoms with E-state index < -0.39 is 5.54 Å². The van der Waals surface area contributed by atoms with E-state index in [9.17, 15) is 4.79 Å². The molecule has 0 amide bonds. The number of rotatable bonds is 6. The molecule has 1 unspecified atom stereocenters. The van der Waals surface area contributed by atoms with Gasteiger partial charge in [-0.05, 0) is 57.5 Å². The summed E-state index contributed by atoms with van der Waals surface area (Å²) < 4.78 is 5.02. The summed E-state index contributed by atoms with van der Waals surface area (Å²) in [6, 6.07) is 0.507. The molecular formula is C16H30N2O2. The van der Waals surface area contributed by atoms with E-state index in [0.717, 1.165) is 31.5 Å². The van der Waals surface area contributed by atoms with E-state index in [0.29, 0.717) is 6.04 Å². The molecule has 20 heavy (non-hydrogen) atoms. The molecule has 116 valence electrons. The van der Waals surface area contributed by atoms with Crippen molar-refractivity contribution >= 4 is 5.97 Å². The number of ether oxygens (including phenoxy) is 1. The highest BCUT2D eigenvalue weighted by Gasteiger charge is 2.41. The van der Waals surface area contributed by atoms with E-state index in [-0.39, 0.29) is 5.97 Å². The zero-order valence-corrected chi connectivity index (χ0v) is 13.4. The molecule has 2 aliphatic rings. The number of likely N-dealkylation sites (tertiary alicyclic amines) is 1. The maximum Gasteiger partial charge on any atom is 0.327 e. The van der Waals surface area contributed by atoms with E-state index in [2.05, 4.69) is 24.1 Å². The van der Waals surface area contributed by atoms with Crippen molar-refractivity contribution in [3.8, 4) is 0 Å². The van der Waals surface area contributed by atoms with Crippen molar-refractivity contribution < 1.29 is 9.53 Å². The van der Waals surface area contributed by atoms with Gasteiger partial charge >= 0.3 is 5.97 Å². The zero-order chi connectivity index (χ0) is 14.8. The Morgan fingerprint density at radius 2 is 1.90 bits per heavy atom. The van der Waals surface area contributed by atoms with Crippen LogP contribution in [0, 0.1) is 11.8 Å². The van der Waals surface area contributed by atoms with Gasteiger partial charge in [-0.2, -0.15) is 0 Å². The van der Waals surface area contributed by atoms with E-state index in [1.54, 1.807) is 0 Å². The Morgan fingerprint density at radius 1 is 1.30 bits per heavy atom. The van der Waals surface area contributed by atoms with Gasteiger partial charge in [0, 0.05) is 12.6 Å². The van der Waals surface area contributed by atoms with Crippen LogP contribution in [0.15, 0.2) is 0 Å². The molecule has 0 radical (unpaired) electrons. The minimum absolute atomic E-state index is 0.129. The lowest BCUT2D eigenvalue weighted by Gasteiger charge is -2.39. The SMILES string of the molecule is COC(=O)C(C)(CN1CCC(C(C)C)CC1)NC1CC1. The van der Waals surface area contributed by atoms with Gasteiger partial charge in [-0.3, -0.25) is 10.1 Å². The van der Waals surface area contributed by atoms with Crippen LogP contribution in [-0.4, -0.2) is 49.2 Å². The van der Waals surface area contributed by atoms with E-state index in [4.69, 9.17) is 4.74 Å². The first-order chi connectivity index (χ1) is 9.44. The fourth-order valence-corrected chi connectivity index (χ4v) is 3.30. The van der Waals surface area contributed by atoms with Crippen LogP contribution in [0.4, 0.5) is 0 Å². The predicted octanol–water partition coefficient (Wildman–Crippen LogP) is 2.04. The van der Waals surface area contributed by atoms with Gasteiger partial charge in [0.2, 0.25) is 0 Å². The molecule has 4 nitrogen and oxygen atoms in total. The van der Waals surface area contributed by atoms with Gasteiger partial charge in [0.25, 0.3) is 0 Å². The molecule has 0 aromatic heterocycles. The number of nitrogens with zero attached hydrogens (tertiary/aromatic N) is 1. The molecule has 2 rings (SSSR count). The van der Waals surface area contributed by atoms with Crippen molar-refractivity contribution in [1.82, 2.24) is 10.2 Å². The molecule has 1 N–H and O–H groups in total. The van der Waals surface area contributed by atoms with Crippen molar-refractivity contribution in [3.05, 3.63) is 0 Å². The summed E-state index contributed by atoms with van der Waals surface area (Å²) in [7, 11) is 1.49. The van der Waals surface area contributed by atoms with Crippen LogP contribution in [0.2, 0.25) is 0 Å². The summed E-state index contributed by atoms with van der Waals surface area (Å²) in [4.78, 5) is 14.6. The lowest BCUT2D eigenvalue weighted by Crippen LogP contribution is -2.59. The zero-order valence-electron chi connectivity index (χ0n) is 13.4. The molecule has 0 bridgehead atoms. The second-order valence-corrected chi connectivity index (χ2v) is 7.10. The molecule has 1 saturated carbocycles. The van der Waals surface area contributed by atoms with E-state index in [1.807, 2.05) is 6.92 Å². The molecule has 0 aromatic carbocycles. The number of methoxy groups -OCH3 is 1. The number of nitrogens with one attached hydrogen (secondary N) is 1. The highest BCUT2D eigenvalue weighted by molar-refractivity contribution is 5.80. The van der Waals surface area contributed by atoms with Gasteiger partial charge in [-0.1, -0.05) is 13.8 Å². The fourth-order valence-electron chi connectivity index (χ4n) is 3.30. The molecule has 1 saturated heterocycles. The van der Waals surface area contributed by atoms with Gasteiger partial charge < -0.3 is 9.64 Å². The van der Waals surface area contributed by atoms with Crippen LogP contribution in [0.1, 0.15) is 46.5 Å². The Morgan fingerprint density at radius 3 is 2.35 bits per heavy atom. The molecule has 0 spiro atoms. The Kier molecular flexibility index (Phi) is 5.08. The average Bonchev–Trinajstić information content (AvgIpc) is 3.22. The first-order valence-corrected chi connectivity index (χ1v) is 8.03. The van der Waals surface area contributed by atoms with E-state index in [1.165, 1.54) is 32.8 Å². The molecule has 2 fully saturated rings. The van der Waals surface area contributed by atoms with Crippen molar-refractivity contribution in [2.24, 2.45) is 11.8 Å². The second kappa shape index (κ2) is 6.44. The van der Waals surface area contributed by atoms with Crippen LogP contribution in [-0.2, 0) is 9.53 Å². The minimum atomic E-state index is -0.555. The number of esters is 1. The van der Waals surface area contributed by atoms with Crippen molar-refractivity contribution in [2.75, 3.05) is 26.7 Å². The molecule has 1 atom stereocenters. The summed E-state index contributed by atoms with van der Waals surface area (Å²) in [5.74, 6) is 1.48. The summed E-state index contributed by atoms with van der Waals surface area (Å²) in [6.07, 6.45) is 4.86. The molecule has 0 aromatic rings. The maximum absolute atomic E-state index is 12.1. The maximum atomic E-state index is 12.1. The Hall–Kier alpha value is -0.610. The number of carbonyl (C=O) groups excluding carboxylic acids is 1. The summed E-state index contributed by atoms with van der Waals surface area (Å²) in [6.45, 7) is 9.58. The van der Waals surface area contributed by atoms with Crippen LogP contribution in [0.25, 0.3) is 0 Å². The lowest BCUT2D eigenvalue weighted by atomic mass is 9.86. The standard InChI is InChI=1S/C16H30N2O2/c1-12(2)13-7-9-18(10-8-13)11-16(3,15(19)20-4)17-14-5-6-14/h12-14,17H,5-11H2,1-4H3. The Bertz CT molecular complexity index is 333. The molecule has 1 heterocycles. The average molecular weight is 282 g/mol. The second-order valence-electron chi connectivity index (χ2n) is 7.10. The number of hydrogen-bond acceptors (Lipinski definition) is 4. The first-order valence-electron chi connectivity index (χ1n) is 8.03. The molecule has 4 heteroatoms. The van der Waals surface area contributed by atoms with Gasteiger partial charge in [0.15, 0.2) is 0 Å². The van der Waals surface area contributed by atoms with Gasteiger partial charge in [0.1, 0.15) is 5.54 Å². The Balaban J connectivity index is 1.89. The van der Waals surface area contributed by atoms with Gasteiger partial charge in [0.05, 0.1) is 7.11 Å². The quantitative estimate of drug-likeness (QED) is 0.757. The summed E-state index contributed by atoms with van der Waals surface area (Å²) in [5, 5.41) is 3.48. The smallest absolute Gasteiger partial charge is 0.327 e. The Labute approximate surface area is 123 Å². The van der Waals surface area contributed by atoms with Gasteiger partial charge in [-0.25, -0.2) is 0 Å². The number of hydrogen-bond donors (Lipinski definition) is 1. The van der Waals surface area contributed by atoms with Crippen molar-refractivity contribution in [1.29, 1.82) is 0 Å². The molecular weight excluding hydrogens is 252 g/mol. The van der Waals surface area contributed by atoms with Crippen molar-refractivity contribution in [2.45, 2.75) is 58.0 Å². The third kappa shape index (κ3) is 3.95.